The van der Waals surface area contributed by atoms with Crippen molar-refractivity contribution in [1.82, 2.24) is 9.88 Å². The first-order chi connectivity index (χ1) is 10.1. The third-order valence-corrected chi connectivity index (χ3v) is 4.22. The number of benzene rings is 1. The highest BCUT2D eigenvalue weighted by Gasteiger charge is 2.26. The zero-order chi connectivity index (χ0) is 15.0. The van der Waals surface area contributed by atoms with E-state index in [0.717, 1.165) is 23.6 Å². The molecule has 0 radical (unpaired) electrons. The fourth-order valence-electron chi connectivity index (χ4n) is 2.80. The average molecular weight is 283 g/mol. The summed E-state index contributed by atoms with van der Waals surface area (Å²) in [5, 5.41) is 3.46. The van der Waals surface area contributed by atoms with Gasteiger partial charge in [0.05, 0.1) is 0 Å². The van der Waals surface area contributed by atoms with E-state index in [1.807, 2.05) is 53.8 Å². The molecule has 1 aromatic carbocycles. The van der Waals surface area contributed by atoms with E-state index in [0.29, 0.717) is 6.54 Å². The first kappa shape index (κ1) is 13.9. The molecule has 3 rings (SSSR count). The topological polar surface area (TPSA) is 37.3 Å². The Morgan fingerprint density at radius 2 is 2.00 bits per heavy atom. The van der Waals surface area contributed by atoms with Crippen molar-refractivity contribution in [3.05, 3.63) is 53.3 Å². The largest absolute Gasteiger partial charge is 0.344 e. The molecule has 110 valence electrons. The van der Waals surface area contributed by atoms with Gasteiger partial charge < -0.3 is 14.8 Å². The number of anilines is 1. The van der Waals surface area contributed by atoms with Gasteiger partial charge in [0, 0.05) is 37.6 Å². The molecule has 1 N–H and O–H groups in total. The summed E-state index contributed by atoms with van der Waals surface area (Å²) in [6, 6.07) is 12.3. The van der Waals surface area contributed by atoms with Crippen LogP contribution in [0.3, 0.4) is 0 Å². The highest BCUT2D eigenvalue weighted by molar-refractivity contribution is 6.05. The van der Waals surface area contributed by atoms with Crippen molar-refractivity contribution in [2.24, 2.45) is 7.05 Å². The molecule has 0 spiro atoms. The second-order valence-electron chi connectivity index (χ2n) is 5.75. The normalized spacial score (nSPS) is 18.2. The van der Waals surface area contributed by atoms with E-state index in [4.69, 9.17) is 0 Å². The van der Waals surface area contributed by atoms with Gasteiger partial charge in [-0.25, -0.2) is 0 Å². The molecule has 1 amide bonds. The Morgan fingerprint density at radius 1 is 1.24 bits per heavy atom. The zero-order valence-corrected chi connectivity index (χ0v) is 12.8. The van der Waals surface area contributed by atoms with Crippen molar-refractivity contribution in [3.63, 3.8) is 0 Å². The maximum atomic E-state index is 13.0. The van der Waals surface area contributed by atoms with Crippen molar-refractivity contribution in [2.75, 3.05) is 11.4 Å². The van der Waals surface area contributed by atoms with Crippen LogP contribution in [-0.4, -0.2) is 23.1 Å². The Bertz CT molecular complexity index is 674. The van der Waals surface area contributed by atoms with Gasteiger partial charge in [0.15, 0.2) is 0 Å². The molecule has 4 heteroatoms. The molecule has 1 atom stereocenters. The minimum Gasteiger partial charge on any atom is -0.344 e. The van der Waals surface area contributed by atoms with Gasteiger partial charge in [-0.2, -0.15) is 0 Å². The smallest absolute Gasteiger partial charge is 0.274 e. The van der Waals surface area contributed by atoms with Gasteiger partial charge in [0.25, 0.3) is 5.91 Å². The van der Waals surface area contributed by atoms with Gasteiger partial charge in [0.1, 0.15) is 5.69 Å². The number of hydrogen-bond donors (Lipinski definition) is 1. The van der Waals surface area contributed by atoms with E-state index in [1.54, 1.807) is 0 Å². The maximum Gasteiger partial charge on any atom is 0.274 e. The third kappa shape index (κ3) is 2.47. The SMILES string of the molecule is Cc1ccc(C(=O)N2CC(C)NCc3ccccc32)n1C. The second-order valence-corrected chi connectivity index (χ2v) is 5.75. The van der Waals surface area contributed by atoms with E-state index in [2.05, 4.69) is 18.3 Å². The molecule has 1 aliphatic rings. The van der Waals surface area contributed by atoms with Crippen LogP contribution in [-0.2, 0) is 13.6 Å². The highest BCUT2D eigenvalue weighted by Crippen LogP contribution is 2.25. The number of aryl methyl sites for hydroxylation is 1. The van der Waals surface area contributed by atoms with Crippen LogP contribution in [0.1, 0.15) is 28.7 Å². The standard InChI is InChI=1S/C17H21N3O/c1-12-11-20(15-7-5-4-6-14(15)10-18-12)17(21)16-9-8-13(2)19(16)3/h4-9,12,18H,10-11H2,1-3H3. The van der Waals surface area contributed by atoms with Gasteiger partial charge in [-0.1, -0.05) is 18.2 Å². The quantitative estimate of drug-likeness (QED) is 0.873. The van der Waals surface area contributed by atoms with Crippen molar-refractivity contribution in [1.29, 1.82) is 0 Å². The van der Waals surface area contributed by atoms with E-state index < -0.39 is 0 Å². The van der Waals surface area contributed by atoms with Crippen molar-refractivity contribution < 1.29 is 4.79 Å². The number of fused-ring (bicyclic) bond motifs is 1. The molecule has 4 nitrogen and oxygen atoms in total. The number of rotatable bonds is 1. The van der Waals surface area contributed by atoms with Crippen molar-refractivity contribution >= 4 is 11.6 Å². The summed E-state index contributed by atoms with van der Waals surface area (Å²) in [4.78, 5) is 14.9. The average Bonchev–Trinajstić information content (AvgIpc) is 2.72. The molecule has 0 bridgehead atoms. The van der Waals surface area contributed by atoms with Crippen LogP contribution in [0.5, 0.6) is 0 Å². The number of nitrogens with one attached hydrogen (secondary N) is 1. The van der Waals surface area contributed by atoms with Crippen LogP contribution < -0.4 is 10.2 Å². The minimum atomic E-state index is 0.0635. The molecule has 0 saturated heterocycles. The fraction of sp³-hybridized carbons (Fsp3) is 0.353. The van der Waals surface area contributed by atoms with Crippen LogP contribution >= 0.6 is 0 Å². The first-order valence-corrected chi connectivity index (χ1v) is 7.33. The molecule has 2 aromatic rings. The number of carbonyl (C=O) groups excluding carboxylic acids is 1. The van der Waals surface area contributed by atoms with E-state index in [-0.39, 0.29) is 11.9 Å². The zero-order valence-electron chi connectivity index (χ0n) is 12.8. The maximum absolute atomic E-state index is 13.0. The molecule has 1 unspecified atom stereocenters. The van der Waals surface area contributed by atoms with Gasteiger partial charge in [0.2, 0.25) is 0 Å². The van der Waals surface area contributed by atoms with Crippen LogP contribution in [0.15, 0.2) is 36.4 Å². The van der Waals surface area contributed by atoms with Crippen LogP contribution in [0.2, 0.25) is 0 Å². The predicted molar refractivity (Wildman–Crippen MR) is 84.6 cm³/mol. The molecular weight excluding hydrogens is 262 g/mol. The number of amides is 1. The van der Waals surface area contributed by atoms with Crippen molar-refractivity contribution in [3.8, 4) is 0 Å². The fourth-order valence-corrected chi connectivity index (χ4v) is 2.80. The van der Waals surface area contributed by atoms with Crippen molar-refractivity contribution in [2.45, 2.75) is 26.4 Å². The van der Waals surface area contributed by atoms with Gasteiger partial charge >= 0.3 is 0 Å². The van der Waals surface area contributed by atoms with Crippen LogP contribution in [0.25, 0.3) is 0 Å². The monoisotopic (exact) mass is 283 g/mol. The molecule has 0 fully saturated rings. The summed E-state index contributed by atoms with van der Waals surface area (Å²) >= 11 is 0. The summed E-state index contributed by atoms with van der Waals surface area (Å²) < 4.78 is 1.95. The number of nitrogens with zero attached hydrogens (tertiary/aromatic N) is 2. The lowest BCUT2D eigenvalue weighted by Crippen LogP contribution is -2.40. The molecule has 2 heterocycles. The Balaban J connectivity index is 2.03. The summed E-state index contributed by atoms with van der Waals surface area (Å²) in [5.74, 6) is 0.0635. The number of carbonyl (C=O) groups is 1. The Morgan fingerprint density at radius 3 is 2.71 bits per heavy atom. The summed E-state index contributed by atoms with van der Waals surface area (Å²) in [6.07, 6.45) is 0. The van der Waals surface area contributed by atoms with Crippen LogP contribution in [0, 0.1) is 6.92 Å². The van der Waals surface area contributed by atoms with E-state index >= 15 is 0 Å². The highest BCUT2D eigenvalue weighted by atomic mass is 16.2. The number of aromatic nitrogens is 1. The molecule has 21 heavy (non-hydrogen) atoms. The molecule has 1 aliphatic heterocycles. The first-order valence-electron chi connectivity index (χ1n) is 7.33. The van der Waals surface area contributed by atoms with Gasteiger partial charge in [-0.15, -0.1) is 0 Å². The van der Waals surface area contributed by atoms with Gasteiger partial charge in [-0.05, 0) is 37.6 Å². The summed E-state index contributed by atoms with van der Waals surface area (Å²) in [5.41, 5.74) is 4.00. The third-order valence-electron chi connectivity index (χ3n) is 4.22. The molecule has 0 aliphatic carbocycles. The van der Waals surface area contributed by atoms with Crippen LogP contribution in [0.4, 0.5) is 5.69 Å². The lowest BCUT2D eigenvalue weighted by molar-refractivity contribution is 0.0977. The minimum absolute atomic E-state index is 0.0635. The van der Waals surface area contributed by atoms with Gasteiger partial charge in [-0.3, -0.25) is 4.79 Å². The predicted octanol–water partition coefficient (Wildman–Crippen LogP) is 2.47. The van der Waals surface area contributed by atoms with E-state index in [9.17, 15) is 4.79 Å². The lowest BCUT2D eigenvalue weighted by Gasteiger charge is -2.24. The Kier molecular flexibility index (Phi) is 3.55. The molecule has 0 saturated carbocycles. The Labute approximate surface area is 125 Å². The summed E-state index contributed by atoms with van der Waals surface area (Å²) in [7, 11) is 1.94. The number of hydrogen-bond acceptors (Lipinski definition) is 2. The molecular formula is C17H21N3O. The molecule has 1 aromatic heterocycles. The van der Waals surface area contributed by atoms with E-state index in [1.165, 1.54) is 5.56 Å². The lowest BCUT2D eigenvalue weighted by atomic mass is 10.1. The number of para-hydroxylation sites is 1. The summed E-state index contributed by atoms with van der Waals surface area (Å²) in [6.45, 7) is 5.60. The second kappa shape index (κ2) is 5.37. The Hall–Kier alpha value is -2.07.